The lowest BCUT2D eigenvalue weighted by Crippen LogP contribution is -2.54. The first kappa shape index (κ1) is 18.4. The third kappa shape index (κ3) is 2.76. The van der Waals surface area contributed by atoms with E-state index in [2.05, 4.69) is 20.3 Å². The summed E-state index contributed by atoms with van der Waals surface area (Å²) in [6.45, 7) is 0.798. The number of hydrogen-bond acceptors (Lipinski definition) is 5. The second kappa shape index (κ2) is 6.57. The van der Waals surface area contributed by atoms with Gasteiger partial charge < -0.3 is 10.6 Å². The minimum atomic E-state index is -3.40. The molecule has 1 aromatic carbocycles. The van der Waals surface area contributed by atoms with Gasteiger partial charge in [-0.05, 0) is 38.9 Å². The van der Waals surface area contributed by atoms with Gasteiger partial charge >= 0.3 is 0 Å². The highest BCUT2D eigenvalue weighted by Crippen LogP contribution is 2.55. The van der Waals surface area contributed by atoms with Crippen molar-refractivity contribution in [3.05, 3.63) is 29.8 Å². The molecule has 27 heavy (non-hydrogen) atoms. The number of nitrogens with zero attached hydrogens (tertiary/aromatic N) is 1. The predicted molar refractivity (Wildman–Crippen MR) is 100 cm³/mol. The molecule has 4 rings (SSSR count). The van der Waals surface area contributed by atoms with Crippen molar-refractivity contribution in [2.45, 2.75) is 30.8 Å². The molecule has 0 aromatic heterocycles. The summed E-state index contributed by atoms with van der Waals surface area (Å²) in [5, 5.41) is 5.69. The van der Waals surface area contributed by atoms with Crippen LogP contribution >= 0.6 is 0 Å². The third-order valence-electron chi connectivity index (χ3n) is 6.07. The van der Waals surface area contributed by atoms with Crippen LogP contribution in [0.4, 0.5) is 5.69 Å². The van der Waals surface area contributed by atoms with Crippen LogP contribution in [0, 0.1) is 5.92 Å². The molecular formula is C18H24N4O4S. The maximum atomic E-state index is 13.2. The Balaban J connectivity index is 1.64. The van der Waals surface area contributed by atoms with E-state index < -0.39 is 21.5 Å². The zero-order chi connectivity index (χ0) is 19.2. The first-order chi connectivity index (χ1) is 12.9. The maximum absolute atomic E-state index is 13.2. The quantitative estimate of drug-likeness (QED) is 0.653. The van der Waals surface area contributed by atoms with Gasteiger partial charge in [-0.1, -0.05) is 18.2 Å². The van der Waals surface area contributed by atoms with Crippen LogP contribution in [0.2, 0.25) is 0 Å². The number of benzene rings is 1. The third-order valence-corrected chi connectivity index (χ3v) is 7.44. The van der Waals surface area contributed by atoms with Crippen molar-refractivity contribution in [1.29, 1.82) is 0 Å². The van der Waals surface area contributed by atoms with Crippen LogP contribution in [-0.4, -0.2) is 57.1 Å². The number of anilines is 1. The average molecular weight is 392 g/mol. The average Bonchev–Trinajstić information content (AvgIpc) is 3.29. The van der Waals surface area contributed by atoms with E-state index in [1.807, 2.05) is 24.3 Å². The Labute approximate surface area is 158 Å². The molecule has 8 nitrogen and oxygen atoms in total. The highest BCUT2D eigenvalue weighted by molar-refractivity contribution is 7.89. The Hall–Kier alpha value is -1.97. The lowest BCUT2D eigenvalue weighted by atomic mass is 9.78. The second-order valence-electron chi connectivity index (χ2n) is 7.36. The number of carbonyl (C=O) groups excluding carboxylic acids is 2. The van der Waals surface area contributed by atoms with Gasteiger partial charge in [0.2, 0.25) is 21.8 Å². The molecule has 146 valence electrons. The van der Waals surface area contributed by atoms with E-state index in [0.29, 0.717) is 6.42 Å². The monoisotopic (exact) mass is 392 g/mol. The molecule has 1 aromatic rings. The number of rotatable bonds is 5. The van der Waals surface area contributed by atoms with Crippen molar-refractivity contribution >= 4 is 27.5 Å². The summed E-state index contributed by atoms with van der Waals surface area (Å²) in [4.78, 5) is 28.4. The molecule has 9 heteroatoms. The van der Waals surface area contributed by atoms with Crippen molar-refractivity contribution in [2.75, 3.05) is 31.2 Å². The van der Waals surface area contributed by atoms with Gasteiger partial charge in [-0.15, -0.1) is 0 Å². The molecule has 1 spiro atoms. The number of carbonyl (C=O) groups is 2. The fourth-order valence-corrected chi connectivity index (χ4v) is 5.49. The molecule has 2 saturated heterocycles. The summed E-state index contributed by atoms with van der Waals surface area (Å²) in [5.41, 5.74) is 0.608. The Morgan fingerprint density at radius 3 is 2.93 bits per heavy atom. The molecule has 0 saturated carbocycles. The van der Waals surface area contributed by atoms with E-state index in [0.717, 1.165) is 30.6 Å². The highest BCUT2D eigenvalue weighted by Gasteiger charge is 2.65. The smallest absolute Gasteiger partial charge is 0.250 e. The van der Waals surface area contributed by atoms with E-state index in [1.54, 1.807) is 0 Å². The standard InChI is InChI=1S/C18H24N4O4S/c1-19-27(25,26)10-8-20-16(23)14-11-12-5-4-9-22(12)18(14)13-6-2-3-7-15(13)21-17(18)24/h2-3,6-7,12,14,19H,4-5,8-11H2,1H3,(H,20,23)(H,21,24)/t12-,14+,18+/m1/s1. The van der Waals surface area contributed by atoms with Crippen molar-refractivity contribution in [3.63, 3.8) is 0 Å². The fraction of sp³-hybridized carbons (Fsp3) is 0.556. The van der Waals surface area contributed by atoms with E-state index in [1.165, 1.54) is 7.05 Å². The second-order valence-corrected chi connectivity index (χ2v) is 9.40. The summed E-state index contributed by atoms with van der Waals surface area (Å²) in [5.74, 6) is -1.15. The Morgan fingerprint density at radius 1 is 1.37 bits per heavy atom. The normalized spacial score (nSPS) is 29.6. The summed E-state index contributed by atoms with van der Waals surface area (Å²) in [7, 11) is -2.05. The van der Waals surface area contributed by atoms with Crippen LogP contribution < -0.4 is 15.4 Å². The van der Waals surface area contributed by atoms with Gasteiger partial charge in [0, 0.05) is 23.8 Å². The molecule has 0 bridgehead atoms. The summed E-state index contributed by atoms with van der Waals surface area (Å²) >= 11 is 0. The van der Waals surface area contributed by atoms with Gasteiger partial charge in [-0.2, -0.15) is 0 Å². The lowest BCUT2D eigenvalue weighted by Gasteiger charge is -2.36. The van der Waals surface area contributed by atoms with Crippen molar-refractivity contribution in [1.82, 2.24) is 14.9 Å². The molecule has 3 atom stereocenters. The molecule has 2 amide bonds. The van der Waals surface area contributed by atoms with E-state index in [4.69, 9.17) is 0 Å². The number of para-hydroxylation sites is 1. The van der Waals surface area contributed by atoms with Gasteiger partial charge in [0.05, 0.1) is 11.7 Å². The highest BCUT2D eigenvalue weighted by atomic mass is 32.2. The molecule has 0 unspecified atom stereocenters. The van der Waals surface area contributed by atoms with Gasteiger partial charge in [0.1, 0.15) is 5.54 Å². The lowest BCUT2D eigenvalue weighted by molar-refractivity contribution is -0.137. The van der Waals surface area contributed by atoms with Crippen LogP contribution in [0.15, 0.2) is 24.3 Å². The molecule has 3 N–H and O–H groups in total. The Bertz CT molecular complexity index is 887. The maximum Gasteiger partial charge on any atom is 0.250 e. The molecule has 3 heterocycles. The van der Waals surface area contributed by atoms with E-state index in [9.17, 15) is 18.0 Å². The van der Waals surface area contributed by atoms with Gasteiger partial charge in [0.15, 0.2) is 0 Å². The van der Waals surface area contributed by atoms with Crippen molar-refractivity contribution < 1.29 is 18.0 Å². The molecule has 2 fully saturated rings. The van der Waals surface area contributed by atoms with Gasteiger partial charge in [0.25, 0.3) is 0 Å². The predicted octanol–water partition coefficient (Wildman–Crippen LogP) is -0.0163. The molecule has 0 radical (unpaired) electrons. The van der Waals surface area contributed by atoms with Crippen LogP contribution in [0.3, 0.4) is 0 Å². The first-order valence-corrected chi connectivity index (χ1v) is 10.9. The zero-order valence-corrected chi connectivity index (χ0v) is 16.0. The van der Waals surface area contributed by atoms with Gasteiger partial charge in [-0.25, -0.2) is 13.1 Å². The summed E-state index contributed by atoms with van der Waals surface area (Å²) < 4.78 is 25.4. The van der Waals surface area contributed by atoms with Crippen LogP contribution in [0.5, 0.6) is 0 Å². The summed E-state index contributed by atoms with van der Waals surface area (Å²) in [6, 6.07) is 7.73. The molecule has 0 aliphatic carbocycles. The zero-order valence-electron chi connectivity index (χ0n) is 15.2. The van der Waals surface area contributed by atoms with Crippen molar-refractivity contribution in [3.8, 4) is 0 Å². The largest absolute Gasteiger partial charge is 0.355 e. The number of fused-ring (bicyclic) bond motifs is 4. The first-order valence-electron chi connectivity index (χ1n) is 9.27. The Morgan fingerprint density at radius 2 is 2.15 bits per heavy atom. The number of sulfonamides is 1. The van der Waals surface area contributed by atoms with Crippen LogP contribution in [-0.2, 0) is 25.2 Å². The Kier molecular flexibility index (Phi) is 4.48. The van der Waals surface area contributed by atoms with Gasteiger partial charge in [-0.3, -0.25) is 14.5 Å². The number of hydrogen-bond donors (Lipinski definition) is 3. The van der Waals surface area contributed by atoms with E-state index >= 15 is 0 Å². The number of nitrogens with one attached hydrogen (secondary N) is 3. The van der Waals surface area contributed by atoms with Crippen LogP contribution in [0.1, 0.15) is 24.8 Å². The van der Waals surface area contributed by atoms with Crippen molar-refractivity contribution in [2.24, 2.45) is 5.92 Å². The minimum Gasteiger partial charge on any atom is -0.355 e. The van der Waals surface area contributed by atoms with Crippen LogP contribution in [0.25, 0.3) is 0 Å². The summed E-state index contributed by atoms with van der Waals surface area (Å²) in [6.07, 6.45) is 2.58. The minimum absolute atomic E-state index is 0.0164. The topological polar surface area (TPSA) is 108 Å². The molecule has 3 aliphatic rings. The molecular weight excluding hydrogens is 368 g/mol. The fourth-order valence-electron chi connectivity index (χ4n) is 4.91. The SMILES string of the molecule is CNS(=O)(=O)CCNC(=O)[C@@H]1C[C@H]2CCCN2[C@]12C(=O)Nc1ccccc12. The molecule has 3 aliphatic heterocycles. The number of amides is 2. The van der Waals surface area contributed by atoms with E-state index in [-0.39, 0.29) is 30.2 Å².